The molecule has 0 bridgehead atoms. The van der Waals surface area contributed by atoms with Crippen molar-refractivity contribution in [2.24, 2.45) is 0 Å². The van der Waals surface area contributed by atoms with Crippen LogP contribution in [0.15, 0.2) is 18.2 Å². The maximum absolute atomic E-state index is 12.3. The molecule has 154 valence electrons. The summed E-state index contributed by atoms with van der Waals surface area (Å²) in [7, 11) is 0. The Balaban J connectivity index is 2.72. The van der Waals surface area contributed by atoms with Crippen LogP contribution in [0.4, 0.5) is 0 Å². The van der Waals surface area contributed by atoms with E-state index in [9.17, 15) is 19.2 Å². The van der Waals surface area contributed by atoms with Crippen molar-refractivity contribution in [2.75, 3.05) is 13.1 Å². The van der Waals surface area contributed by atoms with E-state index < -0.39 is 23.9 Å². The highest BCUT2D eigenvalue weighted by molar-refractivity contribution is 5.99. The first-order chi connectivity index (χ1) is 13.3. The molecule has 9 heteroatoms. The highest BCUT2D eigenvalue weighted by atomic mass is 16.2. The lowest BCUT2D eigenvalue weighted by atomic mass is 10.2. The summed E-state index contributed by atoms with van der Waals surface area (Å²) in [6.07, 6.45) is 1.58. The van der Waals surface area contributed by atoms with Gasteiger partial charge in [-0.3, -0.25) is 19.2 Å². The smallest absolute Gasteiger partial charge is 0.270 e. The second kappa shape index (κ2) is 11.7. The zero-order chi connectivity index (χ0) is 21.1. The number of carbonyl (C=O) groups is 4. The predicted molar refractivity (Wildman–Crippen MR) is 105 cm³/mol. The number of rotatable bonds is 10. The van der Waals surface area contributed by atoms with Crippen molar-refractivity contribution in [1.29, 1.82) is 0 Å². The quantitative estimate of drug-likeness (QED) is 0.458. The molecule has 28 heavy (non-hydrogen) atoms. The van der Waals surface area contributed by atoms with Crippen molar-refractivity contribution in [3.8, 4) is 0 Å². The molecule has 0 radical (unpaired) electrons. The standard InChI is InChI=1S/C19H29N5O4/c1-5-10-20-16(25)12(3)22-18(27)14-8-7-9-15(24-14)19(28)23-13(4)17(26)21-11-6-2/h7-9,12-13H,5-6,10-11H2,1-4H3,(H,20,25)(H,21,26)(H,22,27)(H,23,28)/t12-,13-/m1/s1. The van der Waals surface area contributed by atoms with Crippen LogP contribution in [0.25, 0.3) is 0 Å². The first kappa shape index (κ1) is 23.1. The number of hydrogen-bond acceptors (Lipinski definition) is 5. The van der Waals surface area contributed by atoms with Crippen LogP contribution in [0.5, 0.6) is 0 Å². The summed E-state index contributed by atoms with van der Waals surface area (Å²) in [5.74, 6) is -1.72. The Morgan fingerprint density at radius 2 is 1.21 bits per heavy atom. The molecule has 0 saturated carbocycles. The van der Waals surface area contributed by atoms with E-state index in [1.165, 1.54) is 18.2 Å². The number of nitrogens with one attached hydrogen (secondary N) is 4. The second-order valence-corrected chi connectivity index (χ2v) is 6.38. The highest BCUT2D eigenvalue weighted by Gasteiger charge is 2.20. The van der Waals surface area contributed by atoms with Gasteiger partial charge in [0.15, 0.2) is 0 Å². The van der Waals surface area contributed by atoms with Gasteiger partial charge in [0.25, 0.3) is 11.8 Å². The maximum atomic E-state index is 12.3. The van der Waals surface area contributed by atoms with E-state index >= 15 is 0 Å². The van der Waals surface area contributed by atoms with E-state index in [1.54, 1.807) is 13.8 Å². The van der Waals surface area contributed by atoms with Gasteiger partial charge in [0.05, 0.1) is 0 Å². The third-order valence-electron chi connectivity index (χ3n) is 3.79. The monoisotopic (exact) mass is 391 g/mol. The lowest BCUT2D eigenvalue weighted by Gasteiger charge is -2.15. The molecule has 2 atom stereocenters. The fourth-order valence-corrected chi connectivity index (χ4v) is 2.16. The molecule has 0 unspecified atom stereocenters. The topological polar surface area (TPSA) is 129 Å². The number of aromatic nitrogens is 1. The van der Waals surface area contributed by atoms with Gasteiger partial charge in [0.2, 0.25) is 11.8 Å². The van der Waals surface area contributed by atoms with Gasteiger partial charge in [-0.15, -0.1) is 0 Å². The summed E-state index contributed by atoms with van der Waals surface area (Å²) >= 11 is 0. The van der Waals surface area contributed by atoms with E-state index in [4.69, 9.17) is 0 Å². The molecule has 0 saturated heterocycles. The minimum absolute atomic E-state index is 0.00544. The van der Waals surface area contributed by atoms with Gasteiger partial charge >= 0.3 is 0 Å². The number of pyridine rings is 1. The number of carbonyl (C=O) groups excluding carboxylic acids is 4. The van der Waals surface area contributed by atoms with E-state index in [0.717, 1.165) is 12.8 Å². The Labute approximate surface area is 165 Å². The summed E-state index contributed by atoms with van der Waals surface area (Å²) in [6.45, 7) is 8.04. The molecule has 1 heterocycles. The van der Waals surface area contributed by atoms with Crippen molar-refractivity contribution in [2.45, 2.75) is 52.6 Å². The molecule has 9 nitrogen and oxygen atoms in total. The average molecular weight is 391 g/mol. The largest absolute Gasteiger partial charge is 0.354 e. The van der Waals surface area contributed by atoms with Gasteiger partial charge in [-0.1, -0.05) is 19.9 Å². The Hall–Kier alpha value is -2.97. The number of hydrogen-bond donors (Lipinski definition) is 4. The zero-order valence-corrected chi connectivity index (χ0v) is 16.8. The minimum atomic E-state index is -0.736. The summed E-state index contributed by atoms with van der Waals surface area (Å²) in [5, 5.41) is 10.5. The molecule has 1 aromatic heterocycles. The second-order valence-electron chi connectivity index (χ2n) is 6.38. The fraction of sp³-hybridized carbons (Fsp3) is 0.526. The fourth-order valence-electron chi connectivity index (χ4n) is 2.16. The molecule has 0 aliphatic heterocycles. The van der Waals surface area contributed by atoms with E-state index in [-0.39, 0.29) is 23.2 Å². The van der Waals surface area contributed by atoms with Crippen molar-refractivity contribution < 1.29 is 19.2 Å². The van der Waals surface area contributed by atoms with Crippen LogP contribution in [0.2, 0.25) is 0 Å². The first-order valence-corrected chi connectivity index (χ1v) is 9.44. The van der Waals surface area contributed by atoms with Crippen molar-refractivity contribution in [1.82, 2.24) is 26.3 Å². The van der Waals surface area contributed by atoms with Crippen LogP contribution in [0.3, 0.4) is 0 Å². The zero-order valence-electron chi connectivity index (χ0n) is 16.8. The van der Waals surface area contributed by atoms with Crippen LogP contribution in [-0.2, 0) is 9.59 Å². The van der Waals surface area contributed by atoms with Gasteiger partial charge in [-0.25, -0.2) is 4.98 Å². The minimum Gasteiger partial charge on any atom is -0.354 e. The normalized spacial score (nSPS) is 12.4. The highest BCUT2D eigenvalue weighted by Crippen LogP contribution is 2.01. The lowest BCUT2D eigenvalue weighted by Crippen LogP contribution is -2.46. The molecule has 0 aliphatic carbocycles. The van der Waals surface area contributed by atoms with Gasteiger partial charge < -0.3 is 21.3 Å². The Morgan fingerprint density at radius 3 is 1.57 bits per heavy atom. The molecule has 4 amide bonds. The molecule has 0 aliphatic rings. The van der Waals surface area contributed by atoms with Gasteiger partial charge in [-0.2, -0.15) is 0 Å². The van der Waals surface area contributed by atoms with Crippen molar-refractivity contribution in [3.05, 3.63) is 29.6 Å². The van der Waals surface area contributed by atoms with Crippen LogP contribution in [0.1, 0.15) is 61.5 Å². The van der Waals surface area contributed by atoms with Crippen LogP contribution >= 0.6 is 0 Å². The van der Waals surface area contributed by atoms with E-state index in [2.05, 4.69) is 26.3 Å². The van der Waals surface area contributed by atoms with Crippen molar-refractivity contribution in [3.63, 3.8) is 0 Å². The van der Waals surface area contributed by atoms with Crippen molar-refractivity contribution >= 4 is 23.6 Å². The molecule has 0 spiro atoms. The Morgan fingerprint density at radius 1 is 0.821 bits per heavy atom. The Kier molecular flexibility index (Phi) is 9.63. The van der Waals surface area contributed by atoms with Gasteiger partial charge in [-0.05, 0) is 38.8 Å². The van der Waals surface area contributed by atoms with Crippen LogP contribution in [0, 0.1) is 0 Å². The van der Waals surface area contributed by atoms with E-state index in [1.807, 2.05) is 13.8 Å². The van der Waals surface area contributed by atoms with E-state index in [0.29, 0.717) is 13.1 Å². The predicted octanol–water partition coefficient (Wildman–Crippen LogP) is 0.371. The summed E-state index contributed by atoms with van der Waals surface area (Å²) < 4.78 is 0. The summed E-state index contributed by atoms with van der Waals surface area (Å²) in [6, 6.07) is 2.93. The number of nitrogens with zero attached hydrogens (tertiary/aromatic N) is 1. The first-order valence-electron chi connectivity index (χ1n) is 9.44. The Bertz CT molecular complexity index is 652. The third kappa shape index (κ3) is 7.34. The van der Waals surface area contributed by atoms with Gasteiger partial charge in [0, 0.05) is 13.1 Å². The molecule has 1 rings (SSSR count). The molecule has 1 aromatic rings. The third-order valence-corrected chi connectivity index (χ3v) is 3.79. The number of amides is 4. The average Bonchev–Trinajstić information content (AvgIpc) is 2.69. The lowest BCUT2D eigenvalue weighted by molar-refractivity contribution is -0.123. The maximum Gasteiger partial charge on any atom is 0.270 e. The molecular formula is C19H29N5O4. The SMILES string of the molecule is CCCNC(=O)[C@@H](C)NC(=O)c1cccc(C(=O)N[C@H](C)C(=O)NCCC)n1. The molecule has 0 aromatic carbocycles. The molecule has 0 fully saturated rings. The molecule has 4 N–H and O–H groups in total. The summed E-state index contributed by atoms with van der Waals surface area (Å²) in [5.41, 5.74) is 0.0109. The van der Waals surface area contributed by atoms with Crippen LogP contribution < -0.4 is 21.3 Å². The van der Waals surface area contributed by atoms with Gasteiger partial charge in [0.1, 0.15) is 23.5 Å². The molecular weight excluding hydrogens is 362 g/mol. The van der Waals surface area contributed by atoms with Crippen LogP contribution in [-0.4, -0.2) is 53.8 Å². The summed E-state index contributed by atoms with van der Waals surface area (Å²) in [4.78, 5) is 52.4.